The van der Waals surface area contributed by atoms with Crippen LogP contribution in [0.25, 0.3) is 33.3 Å². The van der Waals surface area contributed by atoms with Gasteiger partial charge in [0.15, 0.2) is 0 Å². The molecule has 1 saturated carbocycles. The van der Waals surface area contributed by atoms with Gasteiger partial charge in [-0.15, -0.1) is 0 Å². The van der Waals surface area contributed by atoms with Crippen LogP contribution in [0.2, 0.25) is 0 Å². The predicted octanol–water partition coefficient (Wildman–Crippen LogP) is 1.27. The molecule has 152 valence electrons. The maximum Gasteiger partial charge on any atom is 0.257 e. The molecular weight excluding hydrogens is 394 g/mol. The fourth-order valence-corrected chi connectivity index (χ4v) is 4.49. The van der Waals surface area contributed by atoms with Crippen molar-refractivity contribution in [3.05, 3.63) is 88.8 Å². The highest BCUT2D eigenvalue weighted by Gasteiger charge is 2.35. The SMILES string of the molecule is [Cl-].[NH3+]C1(c2ccc(-c3nc4cc[nH]c(=O)c4cc3-c3ccccc3)cc2)CCCC1. The van der Waals surface area contributed by atoms with E-state index in [1.165, 1.54) is 18.4 Å². The molecule has 4 aromatic rings. The lowest BCUT2D eigenvalue weighted by Gasteiger charge is -2.20. The second kappa shape index (κ2) is 8.05. The molecule has 1 aliphatic rings. The summed E-state index contributed by atoms with van der Waals surface area (Å²) in [5, 5.41) is 0.606. The number of nitrogens with zero attached hydrogens (tertiary/aromatic N) is 1. The maximum atomic E-state index is 12.3. The summed E-state index contributed by atoms with van der Waals surface area (Å²) in [6, 6.07) is 22.6. The number of aromatic nitrogens is 2. The Kier molecular flexibility index (Phi) is 5.46. The van der Waals surface area contributed by atoms with E-state index in [9.17, 15) is 4.79 Å². The van der Waals surface area contributed by atoms with Crippen LogP contribution in [0.5, 0.6) is 0 Å². The summed E-state index contributed by atoms with van der Waals surface area (Å²) in [6.07, 6.45) is 6.46. The molecule has 2 aromatic heterocycles. The van der Waals surface area contributed by atoms with Crippen molar-refractivity contribution in [2.24, 2.45) is 0 Å². The third-order valence-electron chi connectivity index (χ3n) is 6.17. The smallest absolute Gasteiger partial charge is 0.257 e. The third-order valence-corrected chi connectivity index (χ3v) is 6.17. The minimum absolute atomic E-state index is 0. The molecular formula is C25H24ClN3O. The van der Waals surface area contributed by atoms with Gasteiger partial charge in [0.05, 0.1) is 16.6 Å². The topological polar surface area (TPSA) is 73.4 Å². The van der Waals surface area contributed by atoms with Crippen molar-refractivity contribution in [1.29, 1.82) is 0 Å². The molecule has 0 unspecified atom stereocenters. The molecule has 0 atom stereocenters. The monoisotopic (exact) mass is 417 g/mol. The molecule has 0 bridgehead atoms. The highest BCUT2D eigenvalue weighted by atomic mass is 35.5. The fourth-order valence-electron chi connectivity index (χ4n) is 4.49. The van der Waals surface area contributed by atoms with E-state index in [1.807, 2.05) is 30.3 Å². The van der Waals surface area contributed by atoms with Crippen molar-refractivity contribution >= 4 is 10.9 Å². The van der Waals surface area contributed by atoms with E-state index in [2.05, 4.69) is 47.1 Å². The first-order valence-electron chi connectivity index (χ1n) is 10.2. The van der Waals surface area contributed by atoms with E-state index in [0.717, 1.165) is 35.2 Å². The van der Waals surface area contributed by atoms with Gasteiger partial charge in [-0.1, -0.05) is 54.6 Å². The predicted molar refractivity (Wildman–Crippen MR) is 116 cm³/mol. The quantitative estimate of drug-likeness (QED) is 0.527. The molecule has 0 aliphatic heterocycles. The lowest BCUT2D eigenvalue weighted by Crippen LogP contribution is -3.00. The molecule has 0 saturated heterocycles. The largest absolute Gasteiger partial charge is 1.00 e. The molecule has 2 heterocycles. The van der Waals surface area contributed by atoms with Crippen LogP contribution in [0.15, 0.2) is 77.7 Å². The van der Waals surface area contributed by atoms with Gasteiger partial charge in [-0.25, -0.2) is 4.98 Å². The number of rotatable bonds is 3. The summed E-state index contributed by atoms with van der Waals surface area (Å²) >= 11 is 0. The van der Waals surface area contributed by atoms with Crippen molar-refractivity contribution in [3.8, 4) is 22.4 Å². The summed E-state index contributed by atoms with van der Waals surface area (Å²) < 4.78 is 0. The van der Waals surface area contributed by atoms with Crippen LogP contribution in [0, 0.1) is 0 Å². The number of hydrogen-bond acceptors (Lipinski definition) is 2. The Labute approximate surface area is 181 Å². The highest BCUT2D eigenvalue weighted by molar-refractivity contribution is 5.91. The number of halogens is 1. The number of fused-ring (bicyclic) bond motifs is 1. The Balaban J connectivity index is 0.00000218. The second-order valence-electron chi connectivity index (χ2n) is 8.05. The van der Waals surface area contributed by atoms with Crippen molar-refractivity contribution in [3.63, 3.8) is 0 Å². The molecule has 0 amide bonds. The van der Waals surface area contributed by atoms with E-state index in [-0.39, 0.29) is 23.5 Å². The van der Waals surface area contributed by atoms with E-state index in [1.54, 1.807) is 6.20 Å². The zero-order valence-corrected chi connectivity index (χ0v) is 17.5. The average Bonchev–Trinajstić information content (AvgIpc) is 3.22. The van der Waals surface area contributed by atoms with Crippen LogP contribution in [-0.4, -0.2) is 9.97 Å². The van der Waals surface area contributed by atoms with Gasteiger partial charge in [-0.3, -0.25) is 4.79 Å². The van der Waals surface area contributed by atoms with Crippen molar-refractivity contribution < 1.29 is 18.1 Å². The number of benzene rings is 2. The van der Waals surface area contributed by atoms with E-state index >= 15 is 0 Å². The zero-order chi connectivity index (χ0) is 19.8. The number of H-pyrrole nitrogens is 1. The number of quaternary nitrogens is 1. The Bertz CT molecular complexity index is 1230. The van der Waals surface area contributed by atoms with Gasteiger partial charge >= 0.3 is 0 Å². The first-order chi connectivity index (χ1) is 14.1. The summed E-state index contributed by atoms with van der Waals surface area (Å²) in [7, 11) is 0. The van der Waals surface area contributed by atoms with Gasteiger partial charge in [-0.2, -0.15) is 0 Å². The summed E-state index contributed by atoms with van der Waals surface area (Å²) in [4.78, 5) is 20.0. The van der Waals surface area contributed by atoms with Gasteiger partial charge in [0.25, 0.3) is 5.56 Å². The molecule has 2 aromatic carbocycles. The summed E-state index contributed by atoms with van der Waals surface area (Å²) in [5.74, 6) is 0. The second-order valence-corrected chi connectivity index (χ2v) is 8.05. The summed E-state index contributed by atoms with van der Waals surface area (Å²) in [6.45, 7) is 0. The van der Waals surface area contributed by atoms with Crippen molar-refractivity contribution in [2.45, 2.75) is 31.2 Å². The fraction of sp³-hybridized carbons (Fsp3) is 0.200. The number of hydrogen-bond donors (Lipinski definition) is 2. The normalized spacial score (nSPS) is 15.1. The Morgan fingerprint density at radius 1 is 0.900 bits per heavy atom. The average molecular weight is 418 g/mol. The van der Waals surface area contributed by atoms with E-state index in [4.69, 9.17) is 4.98 Å². The standard InChI is InChI=1S/C25H23N3O.ClH/c26-25(13-4-5-14-25)19-10-8-18(9-11-19)23-20(17-6-2-1-3-7-17)16-21-22(28-23)12-15-27-24(21)29;/h1-3,6-12,15-16H,4-5,13-14,26H2,(H,27,29);1H. The highest BCUT2D eigenvalue weighted by Crippen LogP contribution is 2.37. The van der Waals surface area contributed by atoms with Crippen LogP contribution in [-0.2, 0) is 5.54 Å². The van der Waals surface area contributed by atoms with E-state index < -0.39 is 0 Å². The molecule has 1 aliphatic carbocycles. The number of nitrogens with one attached hydrogen (secondary N) is 1. The molecule has 5 rings (SSSR count). The zero-order valence-electron chi connectivity index (χ0n) is 16.7. The van der Waals surface area contributed by atoms with Crippen molar-refractivity contribution in [1.82, 2.24) is 9.97 Å². The van der Waals surface area contributed by atoms with Crippen LogP contribution in [0.4, 0.5) is 0 Å². The molecule has 0 spiro atoms. The molecule has 1 fully saturated rings. The van der Waals surface area contributed by atoms with Crippen molar-refractivity contribution in [2.75, 3.05) is 0 Å². The van der Waals surface area contributed by atoms with Gasteiger partial charge < -0.3 is 23.1 Å². The summed E-state index contributed by atoms with van der Waals surface area (Å²) in [5.41, 5.74) is 10.4. The van der Waals surface area contributed by atoms with Gasteiger partial charge in [-0.05, 0) is 30.5 Å². The first-order valence-corrected chi connectivity index (χ1v) is 10.2. The van der Waals surface area contributed by atoms with Crippen LogP contribution >= 0.6 is 0 Å². The molecule has 30 heavy (non-hydrogen) atoms. The Morgan fingerprint density at radius 3 is 2.30 bits per heavy atom. The lowest BCUT2D eigenvalue weighted by molar-refractivity contribution is -0.486. The minimum atomic E-state index is -0.116. The first kappa shape index (κ1) is 20.3. The van der Waals surface area contributed by atoms with Crippen LogP contribution in [0.1, 0.15) is 31.2 Å². The minimum Gasteiger partial charge on any atom is -1.00 e. The van der Waals surface area contributed by atoms with Gasteiger partial charge in [0.2, 0.25) is 0 Å². The van der Waals surface area contributed by atoms with Gasteiger partial charge in [0.1, 0.15) is 5.54 Å². The lowest BCUT2D eigenvalue weighted by atomic mass is 9.88. The van der Waals surface area contributed by atoms with Crippen LogP contribution in [0.3, 0.4) is 0 Å². The number of pyridine rings is 2. The van der Waals surface area contributed by atoms with Gasteiger partial charge in [0, 0.05) is 35.7 Å². The molecule has 4 nitrogen and oxygen atoms in total. The Hall–Kier alpha value is -2.95. The molecule has 4 N–H and O–H groups in total. The van der Waals surface area contributed by atoms with E-state index in [0.29, 0.717) is 10.9 Å². The third kappa shape index (κ3) is 3.53. The number of aromatic amines is 1. The Morgan fingerprint density at radius 2 is 1.60 bits per heavy atom. The maximum absolute atomic E-state index is 12.3. The molecule has 5 heteroatoms. The van der Waals surface area contributed by atoms with Crippen LogP contribution < -0.4 is 23.7 Å². The molecule has 0 radical (unpaired) electrons.